The summed E-state index contributed by atoms with van der Waals surface area (Å²) >= 11 is 1.40. The second-order valence-electron chi connectivity index (χ2n) is 5.46. The Morgan fingerprint density at radius 2 is 1.96 bits per heavy atom. The van der Waals surface area contributed by atoms with Gasteiger partial charge in [0.2, 0.25) is 10.3 Å². The number of aromatic nitrogens is 2. The highest BCUT2D eigenvalue weighted by Crippen LogP contribution is 2.24. The summed E-state index contributed by atoms with van der Waals surface area (Å²) in [5.41, 5.74) is 0. The second-order valence-corrected chi connectivity index (χ2v) is 6.42. The number of benzene rings is 1. The Balaban J connectivity index is 1.48. The van der Waals surface area contributed by atoms with Gasteiger partial charge in [0.25, 0.3) is 5.91 Å². The summed E-state index contributed by atoms with van der Waals surface area (Å²) < 4.78 is 5.42. The zero-order valence-corrected chi connectivity index (χ0v) is 14.5. The van der Waals surface area contributed by atoms with Crippen molar-refractivity contribution in [2.45, 2.75) is 6.92 Å². The number of nitrogens with zero attached hydrogens (tertiary/aromatic N) is 4. The number of ether oxygens (including phenoxy) is 1. The van der Waals surface area contributed by atoms with E-state index in [4.69, 9.17) is 4.74 Å². The normalized spacial score (nSPS) is 15.3. The van der Waals surface area contributed by atoms with Crippen molar-refractivity contribution in [1.82, 2.24) is 15.1 Å². The van der Waals surface area contributed by atoms with Gasteiger partial charge in [0.05, 0.1) is 0 Å². The van der Waals surface area contributed by atoms with Gasteiger partial charge in [-0.15, -0.1) is 10.2 Å². The minimum Gasteiger partial charge on any atom is -0.484 e. The van der Waals surface area contributed by atoms with Crippen LogP contribution in [0.1, 0.15) is 6.92 Å². The summed E-state index contributed by atoms with van der Waals surface area (Å²) in [6.07, 6.45) is 0. The van der Waals surface area contributed by atoms with E-state index in [1.807, 2.05) is 30.3 Å². The molecular weight excluding hydrogens is 326 g/mol. The Morgan fingerprint density at radius 3 is 2.67 bits per heavy atom. The maximum Gasteiger partial charge on any atom is 0.264 e. The molecule has 0 atom stereocenters. The molecule has 1 saturated heterocycles. The molecule has 2 heterocycles. The molecule has 2 aromatic rings. The molecule has 1 amide bonds. The fourth-order valence-corrected chi connectivity index (χ4v) is 3.28. The number of likely N-dealkylation sites (N-methyl/N-ethyl adjacent to an activating group) is 1. The summed E-state index contributed by atoms with van der Waals surface area (Å²) in [4.78, 5) is 16.5. The lowest BCUT2D eigenvalue weighted by molar-refractivity contribution is -0.118. The standard InChI is InChI=1S/C16H21N5O2S/c1-2-20-8-10-21(11-9-20)16-19-18-15(24-16)17-14(22)12-23-13-6-4-3-5-7-13/h3-7H,2,8-12H2,1H3,(H,17,18,22). The second kappa shape index (κ2) is 8.07. The Labute approximate surface area is 145 Å². The number of anilines is 2. The van der Waals surface area contributed by atoms with Crippen LogP contribution in [0.3, 0.4) is 0 Å². The van der Waals surface area contributed by atoms with Gasteiger partial charge >= 0.3 is 0 Å². The molecule has 8 heteroatoms. The number of amides is 1. The molecule has 0 spiro atoms. The topological polar surface area (TPSA) is 70.6 Å². The van der Waals surface area contributed by atoms with Gasteiger partial charge in [0.1, 0.15) is 5.75 Å². The van der Waals surface area contributed by atoms with Crippen molar-refractivity contribution in [1.29, 1.82) is 0 Å². The Morgan fingerprint density at radius 1 is 1.21 bits per heavy atom. The SMILES string of the molecule is CCN1CCN(c2nnc(NC(=O)COc3ccccc3)s2)CC1. The van der Waals surface area contributed by atoms with Gasteiger partial charge in [0, 0.05) is 26.2 Å². The van der Waals surface area contributed by atoms with Crippen LogP contribution in [0.25, 0.3) is 0 Å². The van der Waals surface area contributed by atoms with Gasteiger partial charge in [-0.1, -0.05) is 36.5 Å². The first-order chi connectivity index (χ1) is 11.7. The van der Waals surface area contributed by atoms with E-state index in [2.05, 4.69) is 32.2 Å². The summed E-state index contributed by atoms with van der Waals surface area (Å²) in [6, 6.07) is 9.25. The molecule has 1 fully saturated rings. The van der Waals surface area contributed by atoms with Crippen molar-refractivity contribution in [3.05, 3.63) is 30.3 Å². The lowest BCUT2D eigenvalue weighted by atomic mass is 10.3. The molecule has 24 heavy (non-hydrogen) atoms. The zero-order chi connectivity index (χ0) is 16.8. The van der Waals surface area contributed by atoms with Crippen LogP contribution in [0.2, 0.25) is 0 Å². The molecule has 1 aliphatic rings. The summed E-state index contributed by atoms with van der Waals surface area (Å²) in [7, 11) is 0. The van der Waals surface area contributed by atoms with Crippen LogP contribution in [0.15, 0.2) is 30.3 Å². The van der Waals surface area contributed by atoms with Crippen LogP contribution < -0.4 is 15.0 Å². The number of nitrogens with one attached hydrogen (secondary N) is 1. The van der Waals surface area contributed by atoms with E-state index in [0.717, 1.165) is 37.9 Å². The molecule has 3 rings (SSSR count). The van der Waals surface area contributed by atoms with E-state index < -0.39 is 0 Å². The molecular formula is C16H21N5O2S. The number of hydrogen-bond donors (Lipinski definition) is 1. The molecule has 7 nitrogen and oxygen atoms in total. The van der Waals surface area contributed by atoms with Gasteiger partial charge in [-0.3, -0.25) is 10.1 Å². The minimum absolute atomic E-state index is 0.0475. The van der Waals surface area contributed by atoms with Crippen molar-refractivity contribution in [3.8, 4) is 5.75 Å². The van der Waals surface area contributed by atoms with Crippen molar-refractivity contribution < 1.29 is 9.53 Å². The van der Waals surface area contributed by atoms with Gasteiger partial charge in [0.15, 0.2) is 6.61 Å². The number of para-hydroxylation sites is 1. The lowest BCUT2D eigenvalue weighted by Crippen LogP contribution is -2.46. The highest BCUT2D eigenvalue weighted by atomic mass is 32.1. The quantitative estimate of drug-likeness (QED) is 0.858. The van der Waals surface area contributed by atoms with Gasteiger partial charge in [-0.2, -0.15) is 0 Å². The Kier molecular flexibility index (Phi) is 5.60. The van der Waals surface area contributed by atoms with E-state index in [1.54, 1.807) is 0 Å². The van der Waals surface area contributed by atoms with Crippen LogP contribution in [-0.4, -0.2) is 60.3 Å². The van der Waals surface area contributed by atoms with Crippen LogP contribution in [0, 0.1) is 0 Å². The molecule has 0 saturated carbocycles. The van der Waals surface area contributed by atoms with Crippen LogP contribution in [-0.2, 0) is 4.79 Å². The van der Waals surface area contributed by atoms with Gasteiger partial charge in [-0.05, 0) is 18.7 Å². The molecule has 1 aromatic carbocycles. The van der Waals surface area contributed by atoms with E-state index >= 15 is 0 Å². The monoisotopic (exact) mass is 347 g/mol. The predicted octanol–water partition coefficient (Wildman–Crippen LogP) is 1.70. The third-order valence-corrected chi connectivity index (χ3v) is 4.76. The molecule has 0 aliphatic carbocycles. The first kappa shape index (κ1) is 16.7. The number of carbonyl (C=O) groups excluding carboxylic acids is 1. The molecule has 1 aromatic heterocycles. The molecule has 128 valence electrons. The third kappa shape index (κ3) is 4.42. The van der Waals surface area contributed by atoms with Crippen LogP contribution in [0.4, 0.5) is 10.3 Å². The zero-order valence-electron chi connectivity index (χ0n) is 13.6. The van der Waals surface area contributed by atoms with E-state index in [0.29, 0.717) is 10.9 Å². The maximum atomic E-state index is 11.9. The highest BCUT2D eigenvalue weighted by molar-refractivity contribution is 7.19. The molecule has 0 radical (unpaired) electrons. The molecule has 0 bridgehead atoms. The fraction of sp³-hybridized carbons (Fsp3) is 0.438. The first-order valence-electron chi connectivity index (χ1n) is 8.03. The fourth-order valence-electron chi connectivity index (χ4n) is 2.47. The van der Waals surface area contributed by atoms with E-state index in [9.17, 15) is 4.79 Å². The average Bonchev–Trinajstić information content (AvgIpc) is 3.09. The minimum atomic E-state index is -0.239. The Bertz CT molecular complexity index is 655. The average molecular weight is 347 g/mol. The van der Waals surface area contributed by atoms with Gasteiger partial charge in [-0.25, -0.2) is 0 Å². The molecule has 1 N–H and O–H groups in total. The van der Waals surface area contributed by atoms with Crippen molar-refractivity contribution >= 4 is 27.5 Å². The largest absolute Gasteiger partial charge is 0.484 e. The van der Waals surface area contributed by atoms with Gasteiger partial charge < -0.3 is 14.5 Å². The van der Waals surface area contributed by atoms with Crippen molar-refractivity contribution in [2.24, 2.45) is 0 Å². The number of piperazine rings is 1. The molecule has 0 unspecified atom stereocenters. The first-order valence-corrected chi connectivity index (χ1v) is 8.84. The van der Waals surface area contributed by atoms with E-state index in [-0.39, 0.29) is 12.5 Å². The summed E-state index contributed by atoms with van der Waals surface area (Å²) in [5.74, 6) is 0.428. The van der Waals surface area contributed by atoms with Crippen molar-refractivity contribution in [3.63, 3.8) is 0 Å². The maximum absolute atomic E-state index is 11.9. The number of rotatable bonds is 6. The van der Waals surface area contributed by atoms with Crippen LogP contribution >= 0.6 is 11.3 Å². The summed E-state index contributed by atoms with van der Waals surface area (Å²) in [5, 5.41) is 12.3. The highest BCUT2D eigenvalue weighted by Gasteiger charge is 2.19. The summed E-state index contributed by atoms with van der Waals surface area (Å²) in [6.45, 7) is 7.14. The third-order valence-electron chi connectivity index (χ3n) is 3.86. The molecule has 1 aliphatic heterocycles. The lowest BCUT2D eigenvalue weighted by Gasteiger charge is -2.33. The number of hydrogen-bond acceptors (Lipinski definition) is 7. The van der Waals surface area contributed by atoms with Crippen molar-refractivity contribution in [2.75, 3.05) is 49.5 Å². The predicted molar refractivity (Wildman–Crippen MR) is 94.8 cm³/mol. The van der Waals surface area contributed by atoms with E-state index in [1.165, 1.54) is 11.3 Å². The number of carbonyl (C=O) groups is 1. The smallest absolute Gasteiger partial charge is 0.264 e. The Hall–Kier alpha value is -2.19. The van der Waals surface area contributed by atoms with Crippen LogP contribution in [0.5, 0.6) is 5.75 Å².